The Labute approximate surface area is 164 Å². The van der Waals surface area contributed by atoms with E-state index >= 15 is 0 Å². The number of phenolic OH excluding ortho intramolecular Hbond substituents is 2. The molecular formula is C22H26O6. The maximum absolute atomic E-state index is 13.0. The molecule has 0 amide bonds. The van der Waals surface area contributed by atoms with Crippen molar-refractivity contribution in [2.75, 3.05) is 0 Å². The number of ether oxygens (including phenoxy) is 1. The van der Waals surface area contributed by atoms with Crippen LogP contribution >= 0.6 is 0 Å². The predicted octanol–water partition coefficient (Wildman–Crippen LogP) is 3.96. The van der Waals surface area contributed by atoms with Crippen LogP contribution < -0.4 is 0 Å². The van der Waals surface area contributed by atoms with Crippen LogP contribution in [0.15, 0.2) is 35.4 Å². The van der Waals surface area contributed by atoms with Crippen LogP contribution in [0.4, 0.5) is 0 Å². The third-order valence-electron chi connectivity index (χ3n) is 4.90. The normalized spacial score (nSPS) is 15.6. The summed E-state index contributed by atoms with van der Waals surface area (Å²) < 4.78 is 5.60. The van der Waals surface area contributed by atoms with Crippen molar-refractivity contribution in [2.45, 2.75) is 47.1 Å². The molecule has 2 rings (SSSR count). The molecule has 0 aliphatic heterocycles. The second-order valence-corrected chi connectivity index (χ2v) is 7.62. The van der Waals surface area contributed by atoms with Gasteiger partial charge in [0.1, 0.15) is 17.6 Å². The van der Waals surface area contributed by atoms with Gasteiger partial charge in [-0.15, -0.1) is 0 Å². The lowest BCUT2D eigenvalue weighted by atomic mass is 9.85. The number of allylic oxidation sites excluding steroid dienone is 2. The first kappa shape index (κ1) is 21.4. The summed E-state index contributed by atoms with van der Waals surface area (Å²) in [7, 11) is 0. The number of aromatic hydroxyl groups is 2. The van der Waals surface area contributed by atoms with E-state index in [0.29, 0.717) is 0 Å². The quantitative estimate of drug-likeness (QED) is 0.436. The Balaban J connectivity index is 2.47. The van der Waals surface area contributed by atoms with Gasteiger partial charge < -0.3 is 14.9 Å². The lowest BCUT2D eigenvalue weighted by molar-refractivity contribution is -0.152. The van der Waals surface area contributed by atoms with Crippen molar-refractivity contribution in [3.63, 3.8) is 0 Å². The monoisotopic (exact) mass is 386 g/mol. The molecule has 1 aromatic rings. The molecule has 0 heterocycles. The number of benzene rings is 1. The topological polar surface area (TPSA) is 101 Å². The molecule has 6 nitrogen and oxygen atoms in total. The standard InChI is InChI=1S/C22H26O6/c1-11(2)6-9-18(28-22(27)13(5)12(3)4)14-10-17(25)19-15(23)7-8-16(24)20(19)21(14)26/h6-8,10,12-13,18,23-24H,9H2,1-5H3/t13?,18-/m1/s1. The van der Waals surface area contributed by atoms with Crippen molar-refractivity contribution >= 4 is 17.5 Å². The molecule has 6 heteroatoms. The van der Waals surface area contributed by atoms with Gasteiger partial charge in [-0.25, -0.2) is 0 Å². The number of rotatable bonds is 6. The first-order valence-electron chi connectivity index (χ1n) is 9.24. The Morgan fingerprint density at radius 2 is 1.64 bits per heavy atom. The summed E-state index contributed by atoms with van der Waals surface area (Å²) >= 11 is 0. The molecular weight excluding hydrogens is 360 g/mol. The second-order valence-electron chi connectivity index (χ2n) is 7.62. The molecule has 1 aliphatic rings. The molecule has 28 heavy (non-hydrogen) atoms. The van der Waals surface area contributed by atoms with Crippen LogP contribution in [-0.2, 0) is 9.53 Å². The number of esters is 1. The molecule has 1 aromatic carbocycles. The zero-order chi connectivity index (χ0) is 21.2. The highest BCUT2D eigenvalue weighted by Gasteiger charge is 2.36. The van der Waals surface area contributed by atoms with Crippen LogP contribution in [0.3, 0.4) is 0 Å². The van der Waals surface area contributed by atoms with E-state index in [1.807, 2.05) is 33.8 Å². The average Bonchev–Trinajstić information content (AvgIpc) is 2.62. The summed E-state index contributed by atoms with van der Waals surface area (Å²) in [6.45, 7) is 9.27. The minimum Gasteiger partial charge on any atom is -0.507 e. The molecule has 0 fully saturated rings. The summed E-state index contributed by atoms with van der Waals surface area (Å²) in [5.74, 6) is -2.83. The molecule has 1 aliphatic carbocycles. The summed E-state index contributed by atoms with van der Waals surface area (Å²) in [5, 5.41) is 20.0. The number of ketones is 2. The second kappa shape index (κ2) is 8.42. The van der Waals surface area contributed by atoms with Crippen molar-refractivity contribution in [1.82, 2.24) is 0 Å². The van der Waals surface area contributed by atoms with Crippen molar-refractivity contribution < 1.29 is 29.3 Å². The summed E-state index contributed by atoms with van der Waals surface area (Å²) in [4.78, 5) is 38.0. The van der Waals surface area contributed by atoms with Crippen LogP contribution in [-0.4, -0.2) is 33.9 Å². The molecule has 0 bridgehead atoms. The van der Waals surface area contributed by atoms with Gasteiger partial charge in [-0.3, -0.25) is 14.4 Å². The molecule has 0 spiro atoms. The van der Waals surface area contributed by atoms with Gasteiger partial charge in [0, 0.05) is 12.0 Å². The third-order valence-corrected chi connectivity index (χ3v) is 4.90. The van der Waals surface area contributed by atoms with E-state index in [2.05, 4.69) is 0 Å². The van der Waals surface area contributed by atoms with Crippen molar-refractivity contribution in [3.8, 4) is 11.5 Å². The average molecular weight is 386 g/mol. The van der Waals surface area contributed by atoms with E-state index in [9.17, 15) is 24.6 Å². The highest BCUT2D eigenvalue weighted by atomic mass is 16.5. The molecule has 0 saturated heterocycles. The number of phenols is 2. The Morgan fingerprint density at radius 3 is 2.18 bits per heavy atom. The Bertz CT molecular complexity index is 871. The number of carbonyl (C=O) groups excluding carboxylic acids is 3. The Kier molecular flexibility index (Phi) is 6.44. The highest BCUT2D eigenvalue weighted by molar-refractivity contribution is 6.27. The van der Waals surface area contributed by atoms with Crippen LogP contribution in [0.2, 0.25) is 0 Å². The Morgan fingerprint density at radius 1 is 1.07 bits per heavy atom. The molecule has 150 valence electrons. The van der Waals surface area contributed by atoms with Crippen LogP contribution in [0.5, 0.6) is 11.5 Å². The van der Waals surface area contributed by atoms with Crippen LogP contribution in [0, 0.1) is 11.8 Å². The number of carbonyl (C=O) groups is 3. The number of Topliss-reactive ketones (excluding diaryl/α,β-unsaturated/α-hetero) is 1. The van der Waals surface area contributed by atoms with E-state index in [1.54, 1.807) is 6.92 Å². The van der Waals surface area contributed by atoms with Gasteiger partial charge in [0.15, 0.2) is 11.6 Å². The largest absolute Gasteiger partial charge is 0.507 e. The first-order valence-corrected chi connectivity index (χ1v) is 9.24. The smallest absolute Gasteiger partial charge is 0.309 e. The van der Waals surface area contributed by atoms with Gasteiger partial charge in [-0.05, 0) is 38.0 Å². The van der Waals surface area contributed by atoms with E-state index in [1.165, 1.54) is 0 Å². The van der Waals surface area contributed by atoms with Gasteiger partial charge in [0.05, 0.1) is 17.0 Å². The van der Waals surface area contributed by atoms with Gasteiger partial charge in [0.25, 0.3) is 0 Å². The summed E-state index contributed by atoms with van der Waals surface area (Å²) in [6.07, 6.45) is 2.16. The maximum atomic E-state index is 13.0. The van der Waals surface area contributed by atoms with Crippen LogP contribution in [0.25, 0.3) is 0 Å². The molecule has 0 saturated carbocycles. The van der Waals surface area contributed by atoms with Gasteiger partial charge >= 0.3 is 5.97 Å². The molecule has 1 unspecified atom stereocenters. The first-order chi connectivity index (χ1) is 13.0. The lowest BCUT2D eigenvalue weighted by Crippen LogP contribution is -2.31. The highest BCUT2D eigenvalue weighted by Crippen LogP contribution is 2.36. The lowest BCUT2D eigenvalue weighted by Gasteiger charge is -2.25. The van der Waals surface area contributed by atoms with Crippen molar-refractivity contribution in [3.05, 3.63) is 46.6 Å². The summed E-state index contributed by atoms with van der Waals surface area (Å²) in [6, 6.07) is 2.31. The number of fused-ring (bicyclic) bond motifs is 1. The van der Waals surface area contributed by atoms with E-state index in [0.717, 1.165) is 23.8 Å². The van der Waals surface area contributed by atoms with E-state index < -0.39 is 29.4 Å². The zero-order valence-corrected chi connectivity index (χ0v) is 16.8. The van der Waals surface area contributed by atoms with E-state index in [4.69, 9.17) is 4.74 Å². The van der Waals surface area contributed by atoms with Gasteiger partial charge in [0.2, 0.25) is 0 Å². The predicted molar refractivity (Wildman–Crippen MR) is 104 cm³/mol. The minimum absolute atomic E-state index is 0.0137. The number of hydrogen-bond donors (Lipinski definition) is 2. The molecule has 0 radical (unpaired) electrons. The van der Waals surface area contributed by atoms with Crippen LogP contribution in [0.1, 0.15) is 61.8 Å². The SMILES string of the molecule is CC(C)=CC[C@@H](OC(=O)C(C)C(C)C)C1=CC(=O)c2c(O)ccc(O)c2C1=O. The molecule has 0 aromatic heterocycles. The van der Waals surface area contributed by atoms with Gasteiger partial charge in [-0.1, -0.05) is 32.4 Å². The fourth-order valence-electron chi connectivity index (χ4n) is 2.82. The third kappa shape index (κ3) is 4.32. The fourth-order valence-corrected chi connectivity index (χ4v) is 2.82. The fraction of sp³-hybridized carbons (Fsp3) is 0.409. The van der Waals surface area contributed by atoms with Crippen molar-refractivity contribution in [2.24, 2.45) is 11.8 Å². The Hall–Kier alpha value is -2.89. The maximum Gasteiger partial charge on any atom is 0.309 e. The van der Waals surface area contributed by atoms with Crippen molar-refractivity contribution in [1.29, 1.82) is 0 Å². The van der Waals surface area contributed by atoms with E-state index in [-0.39, 0.29) is 40.7 Å². The van der Waals surface area contributed by atoms with Gasteiger partial charge in [-0.2, -0.15) is 0 Å². The molecule has 2 atom stereocenters. The summed E-state index contributed by atoms with van der Waals surface area (Å²) in [5.41, 5.74) is 0.448. The number of hydrogen-bond acceptors (Lipinski definition) is 6. The zero-order valence-electron chi connectivity index (χ0n) is 16.8. The minimum atomic E-state index is -0.963. The molecule has 2 N–H and O–H groups in total.